The smallest absolute Gasteiger partial charge is 0.188 e. The second-order valence-corrected chi connectivity index (χ2v) is 4.34. The lowest BCUT2D eigenvalue weighted by Crippen LogP contribution is -2.11. The Bertz CT molecular complexity index is 289. The number of allylic oxidation sites excluding steroid dienone is 4. The first-order chi connectivity index (χ1) is 6.14. The summed E-state index contributed by atoms with van der Waals surface area (Å²) < 4.78 is 12.0. The van der Waals surface area contributed by atoms with Crippen LogP contribution >= 0.6 is 15.9 Å². The fourth-order valence-corrected chi connectivity index (χ4v) is 1.48. The molecule has 0 aromatic rings. The highest BCUT2D eigenvalue weighted by Gasteiger charge is 2.23. The summed E-state index contributed by atoms with van der Waals surface area (Å²) in [7, 11) is 0. The van der Waals surface area contributed by atoms with Crippen LogP contribution in [0.15, 0.2) is 23.8 Å². The Kier molecular flexibility index (Phi) is 3.74. The summed E-state index contributed by atoms with van der Waals surface area (Å²) in [5, 5.41) is 0. The van der Waals surface area contributed by atoms with Gasteiger partial charge in [-0.3, -0.25) is 0 Å². The number of hydrogen-bond donors (Lipinski definition) is 0. The number of hydrogen-bond acceptors (Lipinski definition) is 0. The Hall–Kier alpha value is -0.550. The predicted molar refractivity (Wildman–Crippen MR) is 57.3 cm³/mol. The van der Waals surface area contributed by atoms with Crippen LogP contribution in [0.1, 0.15) is 26.2 Å². The largest absolute Gasteiger partial charge is 0.226 e. The molecule has 0 amide bonds. The van der Waals surface area contributed by atoms with Gasteiger partial charge < -0.3 is 0 Å². The van der Waals surface area contributed by atoms with Gasteiger partial charge in [0.15, 0.2) is 4.58 Å². The van der Waals surface area contributed by atoms with E-state index in [4.69, 9.17) is 0 Å². The maximum atomic E-state index is 13.4. The van der Waals surface area contributed by atoms with Crippen molar-refractivity contribution in [3.8, 4) is 11.8 Å². The fraction of sp³-hybridized carbons (Fsp3) is 0.455. The highest BCUT2D eigenvalue weighted by atomic mass is 79.9. The monoisotopic (exact) mass is 242 g/mol. The molecule has 0 aromatic heterocycles. The molecule has 1 rings (SSSR count). The van der Waals surface area contributed by atoms with E-state index >= 15 is 0 Å². The minimum Gasteiger partial charge on any atom is -0.226 e. The third kappa shape index (κ3) is 3.78. The molecule has 0 saturated carbocycles. The van der Waals surface area contributed by atoms with Crippen molar-refractivity contribution in [1.29, 1.82) is 0 Å². The highest BCUT2D eigenvalue weighted by molar-refractivity contribution is 9.10. The minimum atomic E-state index is -1.39. The van der Waals surface area contributed by atoms with Gasteiger partial charge in [0, 0.05) is 18.4 Å². The Morgan fingerprint density at radius 2 is 2.46 bits per heavy atom. The molecule has 0 nitrogen and oxygen atoms in total. The first kappa shape index (κ1) is 10.5. The normalized spacial score (nSPS) is 26.2. The molecule has 0 fully saturated rings. The molecular formula is C11H12BrF. The molecule has 0 saturated heterocycles. The summed E-state index contributed by atoms with van der Waals surface area (Å²) in [6.07, 6.45) is 7.47. The van der Waals surface area contributed by atoms with Crippen molar-refractivity contribution in [3.63, 3.8) is 0 Å². The number of rotatable bonds is 1. The molecule has 13 heavy (non-hydrogen) atoms. The van der Waals surface area contributed by atoms with Gasteiger partial charge in [0.1, 0.15) is 0 Å². The van der Waals surface area contributed by atoms with Crippen molar-refractivity contribution in [2.75, 3.05) is 0 Å². The van der Waals surface area contributed by atoms with Crippen LogP contribution in [0.5, 0.6) is 0 Å². The van der Waals surface area contributed by atoms with Crippen LogP contribution in [0.2, 0.25) is 0 Å². The lowest BCUT2D eigenvalue weighted by atomic mass is 10.1. The molecule has 0 spiro atoms. The number of unbranched alkanes of at least 4 members (excludes halogenated alkanes) is 1. The van der Waals surface area contributed by atoms with Gasteiger partial charge in [0.25, 0.3) is 0 Å². The van der Waals surface area contributed by atoms with E-state index in [0.717, 1.165) is 18.4 Å². The van der Waals surface area contributed by atoms with Crippen LogP contribution in [0.3, 0.4) is 0 Å². The zero-order chi connectivity index (χ0) is 9.73. The van der Waals surface area contributed by atoms with Gasteiger partial charge in [-0.25, -0.2) is 4.39 Å². The first-order valence-corrected chi connectivity index (χ1v) is 5.19. The van der Waals surface area contributed by atoms with E-state index in [1.54, 1.807) is 6.08 Å². The van der Waals surface area contributed by atoms with Crippen LogP contribution in [-0.2, 0) is 0 Å². The molecule has 1 unspecified atom stereocenters. The topological polar surface area (TPSA) is 0 Å². The molecule has 0 radical (unpaired) electrons. The lowest BCUT2D eigenvalue weighted by Gasteiger charge is -2.14. The molecule has 2 heteroatoms. The van der Waals surface area contributed by atoms with E-state index in [1.165, 1.54) is 6.08 Å². The average Bonchev–Trinajstić information content (AvgIpc) is 2.03. The van der Waals surface area contributed by atoms with Crippen LogP contribution < -0.4 is 0 Å². The molecule has 0 aromatic carbocycles. The molecule has 0 bridgehead atoms. The quantitative estimate of drug-likeness (QED) is 0.486. The Balaban J connectivity index is 2.66. The van der Waals surface area contributed by atoms with Gasteiger partial charge in [0.2, 0.25) is 0 Å². The summed E-state index contributed by atoms with van der Waals surface area (Å²) >= 11 is 2.98. The van der Waals surface area contributed by atoms with E-state index in [2.05, 4.69) is 34.7 Å². The number of alkyl halides is 2. The van der Waals surface area contributed by atoms with E-state index < -0.39 is 4.58 Å². The van der Waals surface area contributed by atoms with Gasteiger partial charge in [-0.05, 0) is 28.4 Å². The van der Waals surface area contributed by atoms with Crippen LogP contribution in [0, 0.1) is 11.8 Å². The third-order valence-electron chi connectivity index (χ3n) is 1.66. The maximum Gasteiger partial charge on any atom is 0.188 e. The Morgan fingerprint density at radius 3 is 3.08 bits per heavy atom. The minimum absolute atomic E-state index is 0.381. The molecule has 1 aliphatic carbocycles. The van der Waals surface area contributed by atoms with Gasteiger partial charge >= 0.3 is 0 Å². The van der Waals surface area contributed by atoms with Gasteiger partial charge in [-0.1, -0.05) is 30.9 Å². The van der Waals surface area contributed by atoms with Gasteiger partial charge in [-0.15, -0.1) is 0 Å². The third-order valence-corrected chi connectivity index (χ3v) is 2.21. The first-order valence-electron chi connectivity index (χ1n) is 4.40. The van der Waals surface area contributed by atoms with Crippen LogP contribution in [0.4, 0.5) is 4.39 Å². The van der Waals surface area contributed by atoms with Gasteiger partial charge in [-0.2, -0.15) is 0 Å². The summed E-state index contributed by atoms with van der Waals surface area (Å²) in [4.78, 5) is 0. The van der Waals surface area contributed by atoms with Crippen molar-refractivity contribution >= 4 is 15.9 Å². The average molecular weight is 243 g/mol. The second kappa shape index (κ2) is 4.62. The molecule has 1 atom stereocenters. The summed E-state index contributed by atoms with van der Waals surface area (Å²) in [5.41, 5.74) is 0.763. The maximum absolute atomic E-state index is 13.4. The molecular weight excluding hydrogens is 231 g/mol. The fourth-order valence-electron chi connectivity index (χ4n) is 1.04. The summed E-state index contributed by atoms with van der Waals surface area (Å²) in [6.45, 7) is 2.07. The van der Waals surface area contributed by atoms with Crippen LogP contribution in [-0.4, -0.2) is 4.58 Å². The Morgan fingerprint density at radius 1 is 1.69 bits per heavy atom. The van der Waals surface area contributed by atoms with E-state index in [-0.39, 0.29) is 0 Å². The zero-order valence-electron chi connectivity index (χ0n) is 7.61. The van der Waals surface area contributed by atoms with Gasteiger partial charge in [0.05, 0.1) is 0 Å². The summed E-state index contributed by atoms with van der Waals surface area (Å²) in [6, 6.07) is 0. The number of halogens is 2. The van der Waals surface area contributed by atoms with Crippen LogP contribution in [0.25, 0.3) is 0 Å². The van der Waals surface area contributed by atoms with Crippen molar-refractivity contribution < 1.29 is 4.39 Å². The van der Waals surface area contributed by atoms with Crippen molar-refractivity contribution in [2.45, 2.75) is 30.8 Å². The predicted octanol–water partition coefficient (Wildman–Crippen LogP) is 3.74. The molecule has 0 aliphatic heterocycles. The van der Waals surface area contributed by atoms with Crippen molar-refractivity contribution in [1.82, 2.24) is 0 Å². The second-order valence-electron chi connectivity index (χ2n) is 3.02. The standard InChI is InChI=1S/C11H12BrF/c1-2-3-4-6-10-7-5-8-11(12,13)9-10/h5,7,9H,2-3,8H2,1H3. The molecule has 70 valence electrons. The zero-order valence-corrected chi connectivity index (χ0v) is 9.20. The van der Waals surface area contributed by atoms with E-state index in [1.807, 2.05) is 6.08 Å². The highest BCUT2D eigenvalue weighted by Crippen LogP contribution is 2.31. The van der Waals surface area contributed by atoms with E-state index in [0.29, 0.717) is 6.42 Å². The summed E-state index contributed by atoms with van der Waals surface area (Å²) in [5.74, 6) is 5.92. The Labute approximate surface area is 87.0 Å². The van der Waals surface area contributed by atoms with Crippen molar-refractivity contribution in [2.24, 2.45) is 0 Å². The molecule has 0 heterocycles. The SMILES string of the molecule is CCCC#CC1=CC(F)(Br)CC=C1. The molecule has 1 aliphatic rings. The van der Waals surface area contributed by atoms with Crippen molar-refractivity contribution in [3.05, 3.63) is 23.8 Å². The molecule has 0 N–H and O–H groups in total. The lowest BCUT2D eigenvalue weighted by molar-refractivity contribution is 0.366. The van der Waals surface area contributed by atoms with E-state index in [9.17, 15) is 4.39 Å².